The molecule has 1 atom stereocenters. The summed E-state index contributed by atoms with van der Waals surface area (Å²) in [6.07, 6.45) is 0.299. The number of hydrogen-bond donors (Lipinski definition) is 1. The molecule has 2 heterocycles. The smallest absolute Gasteiger partial charge is 0.226 e. The zero-order valence-corrected chi connectivity index (χ0v) is 15.5. The van der Waals surface area contributed by atoms with Crippen molar-refractivity contribution in [2.24, 2.45) is 0 Å². The molecule has 3 rings (SSSR count). The molecule has 0 saturated carbocycles. The first-order chi connectivity index (χ1) is 12.0. The lowest BCUT2D eigenvalue weighted by molar-refractivity contribution is -0.120. The molecular weight excluding hydrogens is 332 g/mol. The van der Waals surface area contributed by atoms with Crippen molar-refractivity contribution in [3.05, 3.63) is 58.9 Å². The molecule has 0 aliphatic heterocycles. The predicted molar refractivity (Wildman–Crippen MR) is 101 cm³/mol. The maximum absolute atomic E-state index is 12.2. The van der Waals surface area contributed by atoms with E-state index in [1.54, 1.807) is 11.3 Å². The van der Waals surface area contributed by atoms with Gasteiger partial charge >= 0.3 is 0 Å². The van der Waals surface area contributed by atoms with Gasteiger partial charge < -0.3 is 5.32 Å². The van der Waals surface area contributed by atoms with Crippen molar-refractivity contribution in [3.63, 3.8) is 0 Å². The van der Waals surface area contributed by atoms with E-state index in [-0.39, 0.29) is 11.9 Å². The number of nitrogens with zero attached hydrogens (tertiary/aromatic N) is 3. The summed E-state index contributed by atoms with van der Waals surface area (Å²) in [5.74, 6) is -0.0155. The lowest BCUT2D eigenvalue weighted by Gasteiger charge is -2.15. The van der Waals surface area contributed by atoms with Gasteiger partial charge in [-0.05, 0) is 26.8 Å². The lowest BCUT2D eigenvalue weighted by Crippen LogP contribution is -2.31. The van der Waals surface area contributed by atoms with Crippen LogP contribution in [0, 0.1) is 13.8 Å². The number of aromatic nitrogens is 3. The molecule has 0 bridgehead atoms. The molecule has 1 unspecified atom stereocenters. The Kier molecular flexibility index (Phi) is 5.28. The Morgan fingerprint density at radius 2 is 2.04 bits per heavy atom. The average molecular weight is 354 g/mol. The second kappa shape index (κ2) is 7.61. The van der Waals surface area contributed by atoms with Crippen molar-refractivity contribution in [2.75, 3.05) is 6.54 Å². The number of aryl methyl sites for hydroxylation is 2. The normalized spacial score (nSPS) is 12.1. The second-order valence-corrected chi connectivity index (χ2v) is 7.07. The highest BCUT2D eigenvalue weighted by molar-refractivity contribution is 7.13. The molecule has 0 saturated heterocycles. The van der Waals surface area contributed by atoms with Crippen molar-refractivity contribution >= 4 is 17.2 Å². The number of rotatable bonds is 6. The number of nitrogens with one attached hydrogen (secondary N) is 1. The fourth-order valence-corrected chi connectivity index (χ4v) is 3.59. The van der Waals surface area contributed by atoms with Gasteiger partial charge in [0.15, 0.2) is 0 Å². The van der Waals surface area contributed by atoms with Crippen LogP contribution in [0.25, 0.3) is 10.6 Å². The Morgan fingerprint density at radius 1 is 1.28 bits per heavy atom. The second-order valence-electron chi connectivity index (χ2n) is 6.21. The van der Waals surface area contributed by atoms with Crippen LogP contribution < -0.4 is 5.32 Å². The maximum atomic E-state index is 12.2. The van der Waals surface area contributed by atoms with E-state index in [0.717, 1.165) is 27.7 Å². The topological polar surface area (TPSA) is 59.8 Å². The van der Waals surface area contributed by atoms with Crippen molar-refractivity contribution in [1.29, 1.82) is 0 Å². The average Bonchev–Trinajstić information content (AvgIpc) is 3.19. The SMILES string of the molecule is Cc1cc(C)n(C(C)CNC(=O)Cc2csc(-c3ccccc3)n2)n1. The largest absolute Gasteiger partial charge is 0.354 e. The van der Waals surface area contributed by atoms with Crippen LogP contribution in [0.5, 0.6) is 0 Å². The Balaban J connectivity index is 1.55. The molecule has 1 N–H and O–H groups in total. The van der Waals surface area contributed by atoms with Gasteiger partial charge in [0.25, 0.3) is 0 Å². The van der Waals surface area contributed by atoms with E-state index in [1.165, 1.54) is 0 Å². The van der Waals surface area contributed by atoms with Gasteiger partial charge in [-0.3, -0.25) is 9.48 Å². The molecule has 0 fully saturated rings. The number of carbonyl (C=O) groups is 1. The van der Waals surface area contributed by atoms with Crippen molar-refractivity contribution in [3.8, 4) is 10.6 Å². The molecule has 0 aliphatic rings. The zero-order valence-electron chi connectivity index (χ0n) is 14.7. The standard InChI is InChI=1S/C19H22N4OS/c1-13-9-14(2)23(22-13)15(3)11-20-18(24)10-17-12-25-19(21-17)16-7-5-4-6-8-16/h4-9,12,15H,10-11H2,1-3H3,(H,20,24). The van der Waals surface area contributed by atoms with Gasteiger partial charge in [0, 0.05) is 23.2 Å². The molecule has 0 spiro atoms. The maximum Gasteiger partial charge on any atom is 0.226 e. The van der Waals surface area contributed by atoms with Gasteiger partial charge in [-0.1, -0.05) is 30.3 Å². The Morgan fingerprint density at radius 3 is 2.72 bits per heavy atom. The molecule has 5 nitrogen and oxygen atoms in total. The van der Waals surface area contributed by atoms with Crippen LogP contribution in [0.1, 0.15) is 30.0 Å². The van der Waals surface area contributed by atoms with E-state index in [0.29, 0.717) is 13.0 Å². The van der Waals surface area contributed by atoms with Crippen LogP contribution in [0.15, 0.2) is 41.8 Å². The highest BCUT2D eigenvalue weighted by Crippen LogP contribution is 2.23. The number of hydrogen-bond acceptors (Lipinski definition) is 4. The van der Waals surface area contributed by atoms with Gasteiger partial charge in [0.2, 0.25) is 5.91 Å². The Hall–Kier alpha value is -2.47. The summed E-state index contributed by atoms with van der Waals surface area (Å²) in [6.45, 7) is 6.60. The van der Waals surface area contributed by atoms with Gasteiger partial charge in [0.05, 0.1) is 23.9 Å². The van der Waals surface area contributed by atoms with E-state index < -0.39 is 0 Å². The highest BCUT2D eigenvalue weighted by Gasteiger charge is 2.13. The highest BCUT2D eigenvalue weighted by atomic mass is 32.1. The molecule has 1 amide bonds. The van der Waals surface area contributed by atoms with Crippen LogP contribution in [-0.2, 0) is 11.2 Å². The third-order valence-electron chi connectivity index (χ3n) is 3.97. The number of thiazole rings is 1. The monoisotopic (exact) mass is 354 g/mol. The first kappa shape index (κ1) is 17.4. The fourth-order valence-electron chi connectivity index (χ4n) is 2.77. The summed E-state index contributed by atoms with van der Waals surface area (Å²) in [5.41, 5.74) is 3.98. The molecule has 1 aromatic carbocycles. The van der Waals surface area contributed by atoms with Gasteiger partial charge in [0.1, 0.15) is 5.01 Å². The van der Waals surface area contributed by atoms with Crippen LogP contribution >= 0.6 is 11.3 Å². The number of benzene rings is 1. The zero-order chi connectivity index (χ0) is 17.8. The minimum atomic E-state index is -0.0155. The summed E-state index contributed by atoms with van der Waals surface area (Å²) in [7, 11) is 0. The summed E-state index contributed by atoms with van der Waals surface area (Å²) in [5, 5.41) is 10.3. The van der Waals surface area contributed by atoms with E-state index in [9.17, 15) is 4.79 Å². The van der Waals surface area contributed by atoms with Crippen molar-refractivity contribution in [1.82, 2.24) is 20.1 Å². The Bertz CT molecular complexity index is 853. The first-order valence-corrected chi connectivity index (χ1v) is 9.20. The first-order valence-electron chi connectivity index (χ1n) is 8.32. The molecule has 3 aromatic rings. The van der Waals surface area contributed by atoms with Crippen molar-refractivity contribution < 1.29 is 4.79 Å². The van der Waals surface area contributed by atoms with Crippen molar-refractivity contribution in [2.45, 2.75) is 33.2 Å². The van der Waals surface area contributed by atoms with Gasteiger partial charge in [-0.15, -0.1) is 11.3 Å². The molecular formula is C19H22N4OS. The van der Waals surface area contributed by atoms with Crippen LogP contribution in [0.2, 0.25) is 0 Å². The molecule has 130 valence electrons. The quantitative estimate of drug-likeness (QED) is 0.736. The molecule has 6 heteroatoms. The number of amides is 1. The summed E-state index contributed by atoms with van der Waals surface area (Å²) < 4.78 is 1.95. The third kappa shape index (κ3) is 4.33. The summed E-state index contributed by atoms with van der Waals surface area (Å²) in [6, 6.07) is 12.2. The van der Waals surface area contributed by atoms with E-state index in [2.05, 4.69) is 22.3 Å². The van der Waals surface area contributed by atoms with Crippen LogP contribution in [0.4, 0.5) is 0 Å². The summed E-state index contributed by atoms with van der Waals surface area (Å²) >= 11 is 1.57. The van der Waals surface area contributed by atoms with E-state index in [4.69, 9.17) is 0 Å². The molecule has 0 radical (unpaired) electrons. The predicted octanol–water partition coefficient (Wildman–Crippen LogP) is 3.54. The fraction of sp³-hybridized carbons (Fsp3) is 0.316. The molecule has 0 aliphatic carbocycles. The molecule has 25 heavy (non-hydrogen) atoms. The minimum Gasteiger partial charge on any atom is -0.354 e. The van der Waals surface area contributed by atoms with E-state index in [1.807, 2.05) is 60.3 Å². The van der Waals surface area contributed by atoms with E-state index >= 15 is 0 Å². The van der Waals surface area contributed by atoms with Crippen LogP contribution in [0.3, 0.4) is 0 Å². The van der Waals surface area contributed by atoms with Crippen LogP contribution in [-0.4, -0.2) is 27.2 Å². The van der Waals surface area contributed by atoms with Gasteiger partial charge in [-0.25, -0.2) is 4.98 Å². The summed E-state index contributed by atoms with van der Waals surface area (Å²) in [4.78, 5) is 16.8. The Labute approximate surface area is 151 Å². The molecule has 2 aromatic heterocycles. The minimum absolute atomic E-state index is 0.0155. The lowest BCUT2D eigenvalue weighted by atomic mass is 10.2. The third-order valence-corrected chi connectivity index (χ3v) is 4.91. The number of carbonyl (C=O) groups excluding carboxylic acids is 1. The van der Waals surface area contributed by atoms with Gasteiger partial charge in [-0.2, -0.15) is 5.10 Å².